The molecule has 1 saturated heterocycles. The van der Waals surface area contributed by atoms with Crippen LogP contribution in [0.1, 0.15) is 18.4 Å². The van der Waals surface area contributed by atoms with Crippen molar-refractivity contribution in [3.05, 3.63) is 29.8 Å². The third-order valence-electron chi connectivity index (χ3n) is 4.16. The van der Waals surface area contributed by atoms with Crippen LogP contribution in [0.25, 0.3) is 10.9 Å². The molecule has 1 aliphatic rings. The number of nitrogens with one attached hydrogen (secondary N) is 2. The molecule has 2 aromatic rings. The normalized spacial score (nSPS) is 19.3. The third kappa shape index (κ3) is 2.50. The minimum atomic E-state index is 0.726. The van der Waals surface area contributed by atoms with Gasteiger partial charge in [0.25, 0.3) is 0 Å². The summed E-state index contributed by atoms with van der Waals surface area (Å²) in [5.41, 5.74) is 1.75. The topological polar surface area (TPSA) is 54.8 Å². The van der Waals surface area contributed by atoms with E-state index in [1.54, 1.807) is 0 Å². The molecule has 1 aromatic carbocycles. The van der Waals surface area contributed by atoms with Gasteiger partial charge in [-0.05, 0) is 38.4 Å². The molecule has 1 aromatic heterocycles. The maximum Gasteiger partial charge on any atom is 0.122 e. The average molecular weight is 268 g/mol. The standard InChI is InChI=1S/C16H20N4/c1-20-9-7-12(11-20)6-8-18-16-14(10-17)13-4-2-3-5-15(13)19-16/h2-5,12,18-19H,6-9,11H2,1H3. The van der Waals surface area contributed by atoms with Gasteiger partial charge in [-0.25, -0.2) is 0 Å². The molecule has 0 spiro atoms. The minimum absolute atomic E-state index is 0.726. The summed E-state index contributed by atoms with van der Waals surface area (Å²) in [6.07, 6.45) is 2.45. The molecule has 3 rings (SSSR count). The van der Waals surface area contributed by atoms with Crippen molar-refractivity contribution in [3.63, 3.8) is 0 Å². The fraction of sp³-hybridized carbons (Fsp3) is 0.438. The lowest BCUT2D eigenvalue weighted by atomic mass is 10.1. The highest BCUT2D eigenvalue weighted by molar-refractivity contribution is 5.91. The molecule has 1 aliphatic heterocycles. The molecule has 4 nitrogen and oxygen atoms in total. The van der Waals surface area contributed by atoms with Gasteiger partial charge in [-0.2, -0.15) is 5.26 Å². The molecule has 4 heteroatoms. The Labute approximate surface area is 119 Å². The first-order chi connectivity index (χ1) is 9.78. The van der Waals surface area contributed by atoms with E-state index in [9.17, 15) is 5.26 Å². The van der Waals surface area contributed by atoms with Crippen LogP contribution in [0.15, 0.2) is 24.3 Å². The summed E-state index contributed by atoms with van der Waals surface area (Å²) >= 11 is 0. The predicted molar refractivity (Wildman–Crippen MR) is 81.7 cm³/mol. The van der Waals surface area contributed by atoms with Crippen molar-refractivity contribution in [3.8, 4) is 6.07 Å². The molecule has 1 fully saturated rings. The Bertz CT molecular complexity index is 637. The number of aromatic amines is 1. The molecule has 1 unspecified atom stereocenters. The average Bonchev–Trinajstić information content (AvgIpc) is 3.02. The molecule has 104 valence electrons. The number of nitriles is 1. The number of nitrogens with zero attached hydrogens (tertiary/aromatic N) is 2. The van der Waals surface area contributed by atoms with Crippen LogP contribution in [0, 0.1) is 17.2 Å². The van der Waals surface area contributed by atoms with E-state index in [1.165, 1.54) is 19.5 Å². The SMILES string of the molecule is CN1CCC(CCNc2[nH]c3ccccc3c2C#N)C1. The van der Waals surface area contributed by atoms with Gasteiger partial charge in [0, 0.05) is 24.0 Å². The number of para-hydroxylation sites is 1. The Morgan fingerprint density at radius 3 is 3.05 bits per heavy atom. The molecular formula is C16H20N4. The maximum absolute atomic E-state index is 9.33. The van der Waals surface area contributed by atoms with Crippen molar-refractivity contribution < 1.29 is 0 Å². The molecule has 0 amide bonds. The van der Waals surface area contributed by atoms with E-state index in [-0.39, 0.29) is 0 Å². The molecule has 2 heterocycles. The van der Waals surface area contributed by atoms with Crippen molar-refractivity contribution in [1.82, 2.24) is 9.88 Å². The van der Waals surface area contributed by atoms with E-state index in [0.29, 0.717) is 0 Å². The number of aromatic nitrogens is 1. The molecule has 1 atom stereocenters. The highest BCUT2D eigenvalue weighted by Crippen LogP contribution is 2.25. The molecule has 2 N–H and O–H groups in total. The van der Waals surface area contributed by atoms with Crippen LogP contribution >= 0.6 is 0 Å². The van der Waals surface area contributed by atoms with Crippen LogP contribution in [-0.4, -0.2) is 36.6 Å². The van der Waals surface area contributed by atoms with E-state index in [0.717, 1.165) is 41.2 Å². The fourth-order valence-electron chi connectivity index (χ4n) is 3.05. The van der Waals surface area contributed by atoms with E-state index >= 15 is 0 Å². The number of hydrogen-bond acceptors (Lipinski definition) is 3. The van der Waals surface area contributed by atoms with Crippen LogP contribution in [-0.2, 0) is 0 Å². The maximum atomic E-state index is 9.33. The Kier molecular flexibility index (Phi) is 3.62. The predicted octanol–water partition coefficient (Wildman–Crippen LogP) is 2.79. The smallest absolute Gasteiger partial charge is 0.122 e. The van der Waals surface area contributed by atoms with Crippen molar-refractivity contribution in [2.75, 3.05) is 32.0 Å². The Hall–Kier alpha value is -1.99. The van der Waals surface area contributed by atoms with E-state index in [4.69, 9.17) is 0 Å². The molecule has 0 radical (unpaired) electrons. The zero-order chi connectivity index (χ0) is 13.9. The Morgan fingerprint density at radius 1 is 1.45 bits per heavy atom. The van der Waals surface area contributed by atoms with E-state index in [2.05, 4.69) is 28.3 Å². The minimum Gasteiger partial charge on any atom is -0.370 e. The lowest BCUT2D eigenvalue weighted by molar-refractivity contribution is 0.390. The highest BCUT2D eigenvalue weighted by Gasteiger charge is 2.19. The van der Waals surface area contributed by atoms with Crippen LogP contribution in [0.2, 0.25) is 0 Å². The first-order valence-corrected chi connectivity index (χ1v) is 7.21. The van der Waals surface area contributed by atoms with Gasteiger partial charge in [0.05, 0.1) is 0 Å². The zero-order valence-corrected chi connectivity index (χ0v) is 11.8. The van der Waals surface area contributed by atoms with E-state index < -0.39 is 0 Å². The monoisotopic (exact) mass is 268 g/mol. The zero-order valence-electron chi connectivity index (χ0n) is 11.8. The summed E-state index contributed by atoms with van der Waals surface area (Å²) in [4.78, 5) is 5.69. The van der Waals surface area contributed by atoms with Gasteiger partial charge in [-0.3, -0.25) is 0 Å². The van der Waals surface area contributed by atoms with Crippen molar-refractivity contribution >= 4 is 16.7 Å². The summed E-state index contributed by atoms with van der Waals surface area (Å²) in [5.74, 6) is 1.64. The summed E-state index contributed by atoms with van der Waals surface area (Å²) < 4.78 is 0. The fourth-order valence-corrected chi connectivity index (χ4v) is 3.05. The molecular weight excluding hydrogens is 248 g/mol. The number of anilines is 1. The highest BCUT2D eigenvalue weighted by atomic mass is 15.1. The first-order valence-electron chi connectivity index (χ1n) is 7.21. The van der Waals surface area contributed by atoms with Gasteiger partial charge in [-0.15, -0.1) is 0 Å². The second-order valence-corrected chi connectivity index (χ2v) is 5.66. The molecule has 0 bridgehead atoms. The second kappa shape index (κ2) is 5.56. The number of fused-ring (bicyclic) bond motifs is 1. The number of rotatable bonds is 4. The Balaban J connectivity index is 1.67. The van der Waals surface area contributed by atoms with Crippen LogP contribution in [0.3, 0.4) is 0 Å². The van der Waals surface area contributed by atoms with Gasteiger partial charge < -0.3 is 15.2 Å². The van der Waals surface area contributed by atoms with Crippen LogP contribution in [0.4, 0.5) is 5.82 Å². The molecule has 0 saturated carbocycles. The number of H-pyrrole nitrogens is 1. The van der Waals surface area contributed by atoms with Crippen LogP contribution in [0.5, 0.6) is 0 Å². The second-order valence-electron chi connectivity index (χ2n) is 5.66. The van der Waals surface area contributed by atoms with Crippen LogP contribution < -0.4 is 5.32 Å². The number of hydrogen-bond donors (Lipinski definition) is 2. The summed E-state index contributed by atoms with van der Waals surface area (Å²) in [6.45, 7) is 3.32. The van der Waals surface area contributed by atoms with Gasteiger partial charge in [0.2, 0.25) is 0 Å². The third-order valence-corrected chi connectivity index (χ3v) is 4.16. The number of likely N-dealkylation sites (tertiary alicyclic amines) is 1. The Morgan fingerprint density at radius 2 is 2.30 bits per heavy atom. The summed E-state index contributed by atoms with van der Waals surface area (Å²) in [6, 6.07) is 10.2. The lowest BCUT2D eigenvalue weighted by Gasteiger charge is -2.11. The first kappa shape index (κ1) is 13.0. The summed E-state index contributed by atoms with van der Waals surface area (Å²) in [5, 5.41) is 13.7. The van der Waals surface area contributed by atoms with Gasteiger partial charge in [-0.1, -0.05) is 18.2 Å². The van der Waals surface area contributed by atoms with Crippen molar-refractivity contribution in [2.24, 2.45) is 5.92 Å². The van der Waals surface area contributed by atoms with Crippen molar-refractivity contribution in [2.45, 2.75) is 12.8 Å². The molecule has 20 heavy (non-hydrogen) atoms. The molecule has 0 aliphatic carbocycles. The van der Waals surface area contributed by atoms with Gasteiger partial charge in [0.15, 0.2) is 0 Å². The lowest BCUT2D eigenvalue weighted by Crippen LogP contribution is -2.16. The summed E-state index contributed by atoms with van der Waals surface area (Å²) in [7, 11) is 2.18. The van der Waals surface area contributed by atoms with Gasteiger partial charge >= 0.3 is 0 Å². The van der Waals surface area contributed by atoms with E-state index in [1.807, 2.05) is 24.3 Å². The number of benzene rings is 1. The van der Waals surface area contributed by atoms with Crippen molar-refractivity contribution in [1.29, 1.82) is 5.26 Å². The quantitative estimate of drug-likeness (QED) is 0.896. The largest absolute Gasteiger partial charge is 0.370 e. The van der Waals surface area contributed by atoms with Gasteiger partial charge in [0.1, 0.15) is 17.5 Å².